The van der Waals surface area contributed by atoms with E-state index in [0.29, 0.717) is 12.5 Å². The standard InChI is InChI=1S/C14H24FNO3S/c1-10(2)12-3-5-13(6-4-12)16-8-11(7-14(16)17)9-20(15,18)19/h10-13H,3-9H2,1-2H3. The molecule has 1 saturated carbocycles. The van der Waals surface area contributed by atoms with Gasteiger partial charge in [-0.1, -0.05) is 13.8 Å². The number of rotatable bonds is 4. The van der Waals surface area contributed by atoms with Gasteiger partial charge in [-0.05, 0) is 37.5 Å². The van der Waals surface area contributed by atoms with Crippen molar-refractivity contribution in [1.82, 2.24) is 4.90 Å². The van der Waals surface area contributed by atoms with Crippen molar-refractivity contribution < 1.29 is 17.1 Å². The first kappa shape index (κ1) is 15.7. The van der Waals surface area contributed by atoms with Crippen LogP contribution in [0.2, 0.25) is 0 Å². The molecule has 2 aliphatic rings. The van der Waals surface area contributed by atoms with E-state index in [-0.39, 0.29) is 24.3 Å². The molecule has 1 amide bonds. The minimum absolute atomic E-state index is 0.00773. The van der Waals surface area contributed by atoms with E-state index in [1.807, 2.05) is 0 Å². The van der Waals surface area contributed by atoms with Gasteiger partial charge in [-0.15, -0.1) is 3.89 Å². The van der Waals surface area contributed by atoms with Gasteiger partial charge in [0.2, 0.25) is 5.91 Å². The summed E-state index contributed by atoms with van der Waals surface area (Å²) >= 11 is 0. The van der Waals surface area contributed by atoms with E-state index in [4.69, 9.17) is 0 Å². The predicted molar refractivity (Wildman–Crippen MR) is 75.3 cm³/mol. The first-order chi connectivity index (χ1) is 9.26. The van der Waals surface area contributed by atoms with E-state index in [1.165, 1.54) is 0 Å². The predicted octanol–water partition coefficient (Wildman–Crippen LogP) is 2.35. The van der Waals surface area contributed by atoms with Crippen LogP contribution in [0.3, 0.4) is 0 Å². The summed E-state index contributed by atoms with van der Waals surface area (Å²) < 4.78 is 34.1. The van der Waals surface area contributed by atoms with Crippen molar-refractivity contribution in [2.24, 2.45) is 17.8 Å². The zero-order valence-corrected chi connectivity index (χ0v) is 13.0. The van der Waals surface area contributed by atoms with Crippen molar-refractivity contribution in [3.8, 4) is 0 Å². The quantitative estimate of drug-likeness (QED) is 0.749. The average Bonchev–Trinajstić information content (AvgIpc) is 2.67. The molecule has 0 aromatic carbocycles. The number of carbonyl (C=O) groups is 1. The summed E-state index contributed by atoms with van der Waals surface area (Å²) in [5.41, 5.74) is 0. The normalized spacial score (nSPS) is 32.1. The van der Waals surface area contributed by atoms with Gasteiger partial charge in [-0.2, -0.15) is 8.42 Å². The van der Waals surface area contributed by atoms with E-state index in [0.717, 1.165) is 31.6 Å². The van der Waals surface area contributed by atoms with E-state index in [2.05, 4.69) is 13.8 Å². The van der Waals surface area contributed by atoms with Crippen LogP contribution in [0.25, 0.3) is 0 Å². The van der Waals surface area contributed by atoms with Gasteiger partial charge in [0.05, 0.1) is 5.75 Å². The Morgan fingerprint density at radius 2 is 1.85 bits per heavy atom. The highest BCUT2D eigenvalue weighted by molar-refractivity contribution is 7.86. The molecule has 4 nitrogen and oxygen atoms in total. The van der Waals surface area contributed by atoms with Crippen LogP contribution >= 0.6 is 0 Å². The maximum absolute atomic E-state index is 12.7. The molecular weight excluding hydrogens is 281 g/mol. The molecule has 1 aliphatic heterocycles. The third kappa shape index (κ3) is 3.93. The molecule has 0 aromatic heterocycles. The lowest BCUT2D eigenvalue weighted by Gasteiger charge is -2.36. The molecule has 20 heavy (non-hydrogen) atoms. The van der Waals surface area contributed by atoms with Crippen molar-refractivity contribution in [2.75, 3.05) is 12.3 Å². The third-order valence-electron chi connectivity index (χ3n) is 4.80. The second kappa shape index (κ2) is 6.00. The lowest BCUT2D eigenvalue weighted by Crippen LogP contribution is -2.40. The third-order valence-corrected chi connectivity index (χ3v) is 5.67. The highest BCUT2D eigenvalue weighted by Gasteiger charge is 2.38. The van der Waals surface area contributed by atoms with Gasteiger partial charge < -0.3 is 4.90 Å². The van der Waals surface area contributed by atoms with Gasteiger partial charge in [0.25, 0.3) is 0 Å². The summed E-state index contributed by atoms with van der Waals surface area (Å²) in [4.78, 5) is 13.8. The molecule has 1 aliphatic carbocycles. The van der Waals surface area contributed by atoms with E-state index in [1.54, 1.807) is 4.90 Å². The van der Waals surface area contributed by atoms with E-state index < -0.39 is 16.0 Å². The summed E-state index contributed by atoms with van der Waals surface area (Å²) in [6.07, 6.45) is 4.40. The van der Waals surface area contributed by atoms with Crippen LogP contribution in [0.1, 0.15) is 46.0 Å². The van der Waals surface area contributed by atoms with Crippen molar-refractivity contribution in [1.29, 1.82) is 0 Å². The van der Waals surface area contributed by atoms with Crippen molar-refractivity contribution >= 4 is 16.1 Å². The van der Waals surface area contributed by atoms with Gasteiger partial charge in [0.1, 0.15) is 0 Å². The van der Waals surface area contributed by atoms with Crippen LogP contribution in [0.4, 0.5) is 3.89 Å². The first-order valence-corrected chi connectivity index (χ1v) is 9.03. The van der Waals surface area contributed by atoms with Crippen LogP contribution in [0.5, 0.6) is 0 Å². The summed E-state index contributed by atoms with van der Waals surface area (Å²) in [6.45, 7) is 4.86. The maximum atomic E-state index is 12.7. The summed E-state index contributed by atoms with van der Waals surface area (Å²) in [7, 11) is -4.48. The summed E-state index contributed by atoms with van der Waals surface area (Å²) in [5, 5.41) is 0. The largest absolute Gasteiger partial charge is 0.339 e. The Morgan fingerprint density at radius 3 is 2.35 bits per heavy atom. The van der Waals surface area contributed by atoms with Gasteiger partial charge in [0.15, 0.2) is 0 Å². The highest BCUT2D eigenvalue weighted by atomic mass is 32.3. The number of likely N-dealkylation sites (tertiary alicyclic amines) is 1. The number of halogens is 1. The van der Waals surface area contributed by atoms with Crippen LogP contribution in [0.15, 0.2) is 0 Å². The Hall–Kier alpha value is -0.650. The molecule has 0 N–H and O–H groups in total. The number of hydrogen-bond acceptors (Lipinski definition) is 3. The van der Waals surface area contributed by atoms with Crippen LogP contribution in [-0.4, -0.2) is 37.6 Å². The van der Waals surface area contributed by atoms with Gasteiger partial charge in [-0.25, -0.2) is 0 Å². The number of nitrogens with zero attached hydrogens (tertiary/aromatic N) is 1. The SMILES string of the molecule is CC(C)C1CCC(N2CC(CS(=O)(=O)F)CC2=O)CC1. The molecule has 1 unspecified atom stereocenters. The number of carbonyl (C=O) groups excluding carboxylic acids is 1. The molecule has 1 atom stereocenters. The molecule has 116 valence electrons. The van der Waals surface area contributed by atoms with Gasteiger partial charge in [-0.3, -0.25) is 4.79 Å². The fourth-order valence-electron chi connectivity index (χ4n) is 3.63. The fraction of sp³-hybridized carbons (Fsp3) is 0.929. The van der Waals surface area contributed by atoms with Crippen molar-refractivity contribution in [3.05, 3.63) is 0 Å². The zero-order valence-electron chi connectivity index (χ0n) is 12.2. The number of amides is 1. The molecule has 0 bridgehead atoms. The Bertz CT molecular complexity index is 455. The zero-order chi connectivity index (χ0) is 14.9. The van der Waals surface area contributed by atoms with E-state index in [9.17, 15) is 17.1 Å². The first-order valence-electron chi connectivity index (χ1n) is 7.48. The molecule has 2 fully saturated rings. The molecule has 2 rings (SSSR count). The summed E-state index contributed by atoms with van der Waals surface area (Å²) in [6, 6.07) is 0.227. The molecule has 6 heteroatoms. The minimum Gasteiger partial charge on any atom is -0.339 e. The fourth-order valence-corrected chi connectivity index (χ4v) is 4.42. The lowest BCUT2D eigenvalue weighted by molar-refractivity contribution is -0.130. The van der Waals surface area contributed by atoms with Crippen LogP contribution in [0, 0.1) is 17.8 Å². The monoisotopic (exact) mass is 305 g/mol. The Labute approximate surface area is 120 Å². The summed E-state index contributed by atoms with van der Waals surface area (Å²) in [5.74, 6) is 0.504. The second-order valence-electron chi connectivity index (χ2n) is 6.63. The molecule has 0 radical (unpaired) electrons. The van der Waals surface area contributed by atoms with Crippen molar-refractivity contribution in [3.63, 3.8) is 0 Å². The minimum atomic E-state index is -4.48. The Morgan fingerprint density at radius 1 is 1.25 bits per heavy atom. The molecule has 0 aromatic rings. The molecule has 1 saturated heterocycles. The van der Waals surface area contributed by atoms with Crippen LogP contribution in [-0.2, 0) is 15.0 Å². The molecular formula is C14H24FNO3S. The van der Waals surface area contributed by atoms with Gasteiger partial charge in [0, 0.05) is 24.9 Å². The smallest absolute Gasteiger partial charge is 0.302 e. The van der Waals surface area contributed by atoms with Gasteiger partial charge >= 0.3 is 10.2 Å². The Kier molecular flexibility index (Phi) is 4.72. The number of hydrogen-bond donors (Lipinski definition) is 0. The highest BCUT2D eigenvalue weighted by Crippen LogP contribution is 2.34. The topological polar surface area (TPSA) is 54.5 Å². The van der Waals surface area contributed by atoms with E-state index >= 15 is 0 Å². The molecule has 1 heterocycles. The lowest BCUT2D eigenvalue weighted by atomic mass is 9.79. The van der Waals surface area contributed by atoms with Crippen molar-refractivity contribution in [2.45, 2.75) is 52.0 Å². The molecule has 0 spiro atoms. The second-order valence-corrected chi connectivity index (χ2v) is 8.05. The van der Waals surface area contributed by atoms with Crippen LogP contribution < -0.4 is 0 Å². The average molecular weight is 305 g/mol. The maximum Gasteiger partial charge on any atom is 0.302 e. The Balaban J connectivity index is 1.89.